The molecular weight excluding hydrogens is 273 g/mol. The van der Waals surface area contributed by atoms with Gasteiger partial charge in [0.05, 0.1) is 0 Å². The third-order valence-electron chi connectivity index (χ3n) is 0.144. The van der Waals surface area contributed by atoms with E-state index in [0.717, 1.165) is 0 Å². The molecule has 0 saturated carbocycles. The van der Waals surface area contributed by atoms with Gasteiger partial charge >= 0.3 is 39.6 Å². The van der Waals surface area contributed by atoms with Gasteiger partial charge < -0.3 is 0 Å². The Morgan fingerprint density at radius 3 is 2.00 bits per heavy atom. The monoisotopic (exact) mass is 281 g/mol. The average Bonchev–Trinajstić information content (AvgIpc) is 1.37. The molecule has 0 bridgehead atoms. The van der Waals surface area contributed by atoms with Crippen LogP contribution in [0.4, 0.5) is 0 Å². The van der Waals surface area contributed by atoms with Crippen LogP contribution in [0, 0.1) is 0 Å². The third kappa shape index (κ3) is 10.9. The van der Waals surface area contributed by atoms with Gasteiger partial charge in [-0.15, -0.1) is 0 Å². The summed E-state index contributed by atoms with van der Waals surface area (Å²) in [6, 6.07) is 0. The first-order valence-corrected chi connectivity index (χ1v) is 3.19. The van der Waals surface area contributed by atoms with Crippen molar-refractivity contribution in [3.63, 3.8) is 0 Å². The second kappa shape index (κ2) is 9.02. The van der Waals surface area contributed by atoms with E-state index in [4.69, 9.17) is 0 Å². The van der Waals surface area contributed by atoms with Gasteiger partial charge in [-0.3, -0.25) is 0 Å². The summed E-state index contributed by atoms with van der Waals surface area (Å²) in [5, 5.41) is 0. The van der Waals surface area contributed by atoms with Crippen LogP contribution in [-0.2, 0) is 0 Å². The molecule has 0 unspecified atom stereocenters. The molecule has 7 radical (unpaired) electrons. The molecule has 0 amide bonds. The fourth-order valence-corrected chi connectivity index (χ4v) is 0. The zero-order valence-electron chi connectivity index (χ0n) is 2.99. The van der Waals surface area contributed by atoms with Gasteiger partial charge in [-0.05, 0) is 0 Å². The van der Waals surface area contributed by atoms with Gasteiger partial charge in [0.1, 0.15) is 0 Å². The van der Waals surface area contributed by atoms with Crippen molar-refractivity contribution in [3.05, 3.63) is 12.7 Å². The summed E-state index contributed by atoms with van der Waals surface area (Å²) >= 11 is 1.55. The molecule has 0 atom stereocenters. The van der Waals surface area contributed by atoms with Gasteiger partial charge in [0.15, 0.2) is 0 Å². The first-order chi connectivity index (χ1) is 1.91. The molecule has 0 rings (SSSR count). The Morgan fingerprint density at radius 1 is 1.80 bits per heavy atom. The zero-order chi connectivity index (χ0) is 3.41. The Balaban J connectivity index is 0. The van der Waals surface area contributed by atoms with E-state index in [1.54, 1.807) is 22.5 Å². The van der Waals surface area contributed by atoms with Crippen LogP contribution in [0.3, 0.4) is 0 Å². The van der Waals surface area contributed by atoms with E-state index in [9.17, 15) is 0 Å². The van der Waals surface area contributed by atoms with Gasteiger partial charge in [0, 0.05) is 23.9 Å². The van der Waals surface area contributed by atoms with Crippen LogP contribution in [0.5, 0.6) is 0 Å². The topological polar surface area (TPSA) is 0 Å². The van der Waals surface area contributed by atoms with E-state index in [0.29, 0.717) is 0 Å². The smallest absolute Gasteiger partial charge is 0 e. The minimum atomic E-state index is 0. The molecule has 0 aliphatic heterocycles. The molecule has 0 aliphatic carbocycles. The molecule has 0 aliphatic rings. The average molecular weight is 278 g/mol. The van der Waals surface area contributed by atoms with Crippen LogP contribution in [-0.4, -0.2) is 46.4 Å². The summed E-state index contributed by atoms with van der Waals surface area (Å²) in [6.07, 6.45) is 1.92. The molecule has 0 saturated heterocycles. The maximum absolute atomic E-state index is 3.50. The summed E-state index contributed by atoms with van der Waals surface area (Å²) in [7, 11) is 0. The number of rotatable bonds is 1. The molecule has 25 valence electrons. The van der Waals surface area contributed by atoms with Crippen molar-refractivity contribution >= 4 is 46.4 Å². The number of allylic oxidation sites excluding steroid dienone is 1. The van der Waals surface area contributed by atoms with Crippen molar-refractivity contribution in [2.45, 2.75) is 4.44 Å². The van der Waals surface area contributed by atoms with Crippen LogP contribution >= 0.6 is 0 Å². The first-order valence-electron chi connectivity index (χ1n) is 1.17. The number of hydrogen-bond donors (Lipinski definition) is 0. The maximum Gasteiger partial charge on any atom is 0 e. The Bertz CT molecular complexity index is 18.9. The normalized spacial score (nSPS) is 5.00. The van der Waals surface area contributed by atoms with Gasteiger partial charge in [0.2, 0.25) is 0 Å². The van der Waals surface area contributed by atoms with Crippen molar-refractivity contribution in [3.8, 4) is 0 Å². The summed E-state index contributed by atoms with van der Waals surface area (Å²) in [4.78, 5) is 0. The molecule has 0 fully saturated rings. The van der Waals surface area contributed by atoms with Crippen LogP contribution in [0.25, 0.3) is 0 Å². The molecule has 0 aromatic heterocycles. The second-order valence-corrected chi connectivity index (χ2v) is 1.66. The Morgan fingerprint density at radius 2 is 2.00 bits per heavy atom. The SMILES string of the molecule is C=C[CH2][Sn].[Sn]. The molecule has 5 heavy (non-hydrogen) atoms. The summed E-state index contributed by atoms with van der Waals surface area (Å²) in [5.74, 6) is 0. The predicted octanol–water partition coefficient (Wildman–Crippen LogP) is 0.378. The van der Waals surface area contributed by atoms with E-state index < -0.39 is 0 Å². The van der Waals surface area contributed by atoms with Gasteiger partial charge in [0.25, 0.3) is 0 Å². The van der Waals surface area contributed by atoms with Crippen LogP contribution in [0.15, 0.2) is 12.7 Å². The van der Waals surface area contributed by atoms with Gasteiger partial charge in [-0.25, -0.2) is 0 Å². The van der Waals surface area contributed by atoms with Crippen molar-refractivity contribution in [2.24, 2.45) is 0 Å². The fraction of sp³-hybridized carbons (Fsp3) is 0.333. The van der Waals surface area contributed by atoms with Crippen molar-refractivity contribution in [1.82, 2.24) is 0 Å². The Hall–Kier alpha value is 1.34. The Kier molecular flexibility index (Phi) is 17.3. The van der Waals surface area contributed by atoms with Gasteiger partial charge in [-0.1, -0.05) is 0 Å². The van der Waals surface area contributed by atoms with Crippen molar-refractivity contribution in [2.75, 3.05) is 0 Å². The molecular formula is C3H5Sn2. The summed E-state index contributed by atoms with van der Waals surface area (Å²) in [5.41, 5.74) is 0. The summed E-state index contributed by atoms with van der Waals surface area (Å²) < 4.78 is 1.17. The van der Waals surface area contributed by atoms with E-state index in [-0.39, 0.29) is 23.9 Å². The van der Waals surface area contributed by atoms with Gasteiger partial charge in [-0.2, -0.15) is 0 Å². The van der Waals surface area contributed by atoms with Crippen molar-refractivity contribution in [1.29, 1.82) is 0 Å². The molecule has 2 heteroatoms. The first kappa shape index (κ1) is 9.60. The number of hydrogen-bond acceptors (Lipinski definition) is 0. The fourth-order valence-electron chi connectivity index (χ4n) is 0. The summed E-state index contributed by atoms with van der Waals surface area (Å²) in [6.45, 7) is 3.50. The van der Waals surface area contributed by atoms with Crippen LogP contribution in [0.1, 0.15) is 0 Å². The molecule has 0 nitrogen and oxygen atoms in total. The van der Waals surface area contributed by atoms with Crippen molar-refractivity contribution < 1.29 is 0 Å². The molecule has 0 N–H and O–H groups in total. The standard InChI is InChI=1S/C3H5.2Sn/c1-3-2;;/h3H,1-2H2;;. The van der Waals surface area contributed by atoms with Crippen LogP contribution in [0.2, 0.25) is 4.44 Å². The third-order valence-corrected chi connectivity index (χ3v) is 0.968. The zero-order valence-corrected chi connectivity index (χ0v) is 8.70. The second-order valence-electron chi connectivity index (χ2n) is 0.493. The minimum absolute atomic E-state index is 0. The quantitative estimate of drug-likeness (QED) is 0.480. The minimum Gasteiger partial charge on any atom is 0 e. The van der Waals surface area contributed by atoms with Crippen LogP contribution < -0.4 is 0 Å². The Labute approximate surface area is 63.1 Å². The molecule has 0 aromatic rings. The van der Waals surface area contributed by atoms with E-state index in [2.05, 4.69) is 6.58 Å². The molecule has 0 heterocycles. The largest absolute Gasteiger partial charge is 0 e. The van der Waals surface area contributed by atoms with E-state index >= 15 is 0 Å². The molecule has 0 aromatic carbocycles. The predicted molar refractivity (Wildman–Crippen MR) is 26.5 cm³/mol. The van der Waals surface area contributed by atoms with E-state index in [1.165, 1.54) is 4.44 Å². The molecule has 0 spiro atoms. The van der Waals surface area contributed by atoms with E-state index in [1.807, 2.05) is 6.08 Å². The maximum atomic E-state index is 3.50.